The molecule has 0 unspecified atom stereocenters. The number of rotatable bonds is 10. The molecule has 0 aliphatic heterocycles. The Labute approximate surface area is 185 Å². The summed E-state index contributed by atoms with van der Waals surface area (Å²) in [5.41, 5.74) is 4.46. The van der Waals surface area contributed by atoms with Gasteiger partial charge in [0.05, 0.1) is 38.1 Å². The summed E-state index contributed by atoms with van der Waals surface area (Å²) in [6, 6.07) is 10.7. The van der Waals surface area contributed by atoms with Crippen LogP contribution in [0.25, 0.3) is 11.0 Å². The van der Waals surface area contributed by atoms with Gasteiger partial charge in [0.2, 0.25) is 11.7 Å². The molecule has 2 N–H and O–H groups in total. The van der Waals surface area contributed by atoms with Crippen LogP contribution in [0.15, 0.2) is 46.3 Å². The first-order valence-electron chi connectivity index (χ1n) is 10.2. The topological polar surface area (TPSA) is 115 Å². The molecule has 0 aliphatic carbocycles. The maximum Gasteiger partial charge on any atom is 0.270 e. The summed E-state index contributed by atoms with van der Waals surface area (Å²) in [6.45, 7) is 2.54. The molecule has 1 amide bonds. The number of hydrogen-bond donors (Lipinski definition) is 2. The van der Waals surface area contributed by atoms with Crippen molar-refractivity contribution in [3.05, 3.63) is 58.0 Å². The second-order valence-corrected chi connectivity index (χ2v) is 6.93. The van der Waals surface area contributed by atoms with Gasteiger partial charge in [0.1, 0.15) is 5.69 Å². The average molecular weight is 438 g/mol. The van der Waals surface area contributed by atoms with Crippen LogP contribution in [0.2, 0.25) is 0 Å². The summed E-state index contributed by atoms with van der Waals surface area (Å²) in [6.07, 6.45) is 2.60. The molecule has 3 aromatic rings. The number of ether oxygens (including phenoxy) is 3. The molecule has 1 aromatic heterocycles. The summed E-state index contributed by atoms with van der Waals surface area (Å²) in [7, 11) is 3.08. The first-order chi connectivity index (χ1) is 15.5. The van der Waals surface area contributed by atoms with Crippen molar-refractivity contribution in [1.29, 1.82) is 0 Å². The maximum absolute atomic E-state index is 12.2. The second kappa shape index (κ2) is 10.9. The number of carbonyl (C=O) groups is 1. The number of hydrogen-bond acceptors (Lipinski definition) is 7. The van der Waals surface area contributed by atoms with Gasteiger partial charge in [-0.1, -0.05) is 19.1 Å². The summed E-state index contributed by atoms with van der Waals surface area (Å²) >= 11 is 0. The molecule has 0 radical (unpaired) electrons. The zero-order chi connectivity index (χ0) is 22.9. The highest BCUT2D eigenvalue weighted by Crippen LogP contribution is 2.38. The van der Waals surface area contributed by atoms with E-state index in [2.05, 4.69) is 20.5 Å². The number of methoxy groups -OCH3 is 2. The van der Waals surface area contributed by atoms with Crippen molar-refractivity contribution in [2.75, 3.05) is 20.8 Å². The molecule has 0 aliphatic rings. The summed E-state index contributed by atoms with van der Waals surface area (Å²) < 4.78 is 16.5. The minimum atomic E-state index is -0.336. The smallest absolute Gasteiger partial charge is 0.270 e. The molecule has 2 aromatic carbocycles. The van der Waals surface area contributed by atoms with Crippen LogP contribution in [0.3, 0.4) is 0 Å². The first-order valence-corrected chi connectivity index (χ1v) is 10.2. The van der Waals surface area contributed by atoms with Gasteiger partial charge < -0.3 is 19.2 Å². The van der Waals surface area contributed by atoms with Crippen LogP contribution in [-0.2, 0) is 11.2 Å². The normalized spacial score (nSPS) is 11.0. The monoisotopic (exact) mass is 438 g/mol. The van der Waals surface area contributed by atoms with Gasteiger partial charge in [-0.2, -0.15) is 5.10 Å². The Hall–Kier alpha value is -3.88. The van der Waals surface area contributed by atoms with Crippen molar-refractivity contribution >= 4 is 23.2 Å². The lowest BCUT2D eigenvalue weighted by molar-refractivity contribution is -0.121. The molecule has 32 heavy (non-hydrogen) atoms. The standard InChI is InChI=1S/C23H26N4O5/c1-4-11-32-22-19(30-2)12-15(13-20(22)31-3)14-24-27-21(28)10-9-18-23(29)26-17-8-6-5-7-16(17)25-18/h5-8,12-14H,4,9-11H2,1-3H3,(H,26,29)(H,27,28)/b24-14-. The molecule has 168 valence electrons. The number of nitrogens with one attached hydrogen (secondary N) is 2. The van der Waals surface area contributed by atoms with Crippen LogP contribution in [0.4, 0.5) is 0 Å². The number of para-hydroxylation sites is 2. The number of carbonyl (C=O) groups excluding carboxylic acids is 1. The predicted octanol–water partition coefficient (Wildman–Crippen LogP) is 2.81. The lowest BCUT2D eigenvalue weighted by atomic mass is 10.2. The number of fused-ring (bicyclic) bond motifs is 1. The summed E-state index contributed by atoms with van der Waals surface area (Å²) in [4.78, 5) is 31.4. The van der Waals surface area contributed by atoms with E-state index in [0.29, 0.717) is 46.1 Å². The van der Waals surface area contributed by atoms with Crippen molar-refractivity contribution < 1.29 is 19.0 Å². The molecule has 3 rings (SSSR count). The molecule has 0 bridgehead atoms. The lowest BCUT2D eigenvalue weighted by Gasteiger charge is -2.14. The minimum Gasteiger partial charge on any atom is -0.493 e. The van der Waals surface area contributed by atoms with Crippen molar-refractivity contribution in [3.8, 4) is 17.2 Å². The van der Waals surface area contributed by atoms with Crippen LogP contribution < -0.4 is 25.2 Å². The molecule has 9 heteroatoms. The van der Waals surface area contributed by atoms with Crippen molar-refractivity contribution in [2.45, 2.75) is 26.2 Å². The lowest BCUT2D eigenvalue weighted by Crippen LogP contribution is -2.21. The van der Waals surface area contributed by atoms with E-state index in [0.717, 1.165) is 6.42 Å². The Morgan fingerprint density at radius 3 is 2.59 bits per heavy atom. The number of hydrazone groups is 1. The molecule has 1 heterocycles. The fourth-order valence-corrected chi connectivity index (χ4v) is 3.02. The molecule has 0 saturated heterocycles. The molecule has 0 saturated carbocycles. The number of nitrogens with zero attached hydrogens (tertiary/aromatic N) is 2. The van der Waals surface area contributed by atoms with Gasteiger partial charge in [-0.05, 0) is 30.7 Å². The molecule has 9 nitrogen and oxygen atoms in total. The molecule has 0 spiro atoms. The Morgan fingerprint density at radius 1 is 1.19 bits per heavy atom. The largest absolute Gasteiger partial charge is 0.493 e. The van der Waals surface area contributed by atoms with E-state index >= 15 is 0 Å². The Balaban J connectivity index is 1.63. The maximum atomic E-state index is 12.2. The fraction of sp³-hybridized carbons (Fsp3) is 0.304. The van der Waals surface area contributed by atoms with Gasteiger partial charge in [0, 0.05) is 18.4 Å². The Bertz CT molecular complexity index is 1150. The number of amides is 1. The third kappa shape index (κ3) is 5.63. The van der Waals surface area contributed by atoms with E-state index in [1.165, 1.54) is 6.21 Å². The quantitative estimate of drug-likeness (QED) is 0.372. The van der Waals surface area contributed by atoms with Crippen LogP contribution in [0, 0.1) is 0 Å². The molecular weight excluding hydrogens is 412 g/mol. The second-order valence-electron chi connectivity index (χ2n) is 6.93. The Morgan fingerprint density at radius 2 is 1.91 bits per heavy atom. The van der Waals surface area contributed by atoms with Gasteiger partial charge in [-0.15, -0.1) is 0 Å². The van der Waals surface area contributed by atoms with Gasteiger partial charge in [-0.3, -0.25) is 9.59 Å². The number of H-pyrrole nitrogens is 1. The highest BCUT2D eigenvalue weighted by molar-refractivity contribution is 5.84. The number of aromatic amines is 1. The first kappa shape index (κ1) is 22.8. The van der Waals surface area contributed by atoms with Crippen LogP contribution in [0.1, 0.15) is 31.0 Å². The number of benzene rings is 2. The van der Waals surface area contributed by atoms with Crippen molar-refractivity contribution in [1.82, 2.24) is 15.4 Å². The summed E-state index contributed by atoms with van der Waals surface area (Å²) in [5.74, 6) is 1.20. The van der Waals surface area contributed by atoms with Gasteiger partial charge in [0.15, 0.2) is 11.5 Å². The van der Waals surface area contributed by atoms with Crippen molar-refractivity contribution in [3.63, 3.8) is 0 Å². The highest BCUT2D eigenvalue weighted by atomic mass is 16.5. The highest BCUT2D eigenvalue weighted by Gasteiger charge is 2.13. The number of aryl methyl sites for hydroxylation is 1. The van der Waals surface area contributed by atoms with Crippen LogP contribution in [-0.4, -0.2) is 42.9 Å². The zero-order valence-corrected chi connectivity index (χ0v) is 18.3. The van der Waals surface area contributed by atoms with Gasteiger partial charge >= 0.3 is 0 Å². The van der Waals surface area contributed by atoms with E-state index < -0.39 is 0 Å². The molecular formula is C23H26N4O5. The van der Waals surface area contributed by atoms with Crippen molar-refractivity contribution in [2.24, 2.45) is 5.10 Å². The third-order valence-corrected chi connectivity index (χ3v) is 4.59. The fourth-order valence-electron chi connectivity index (χ4n) is 3.02. The summed E-state index contributed by atoms with van der Waals surface area (Å²) in [5, 5.41) is 3.99. The van der Waals surface area contributed by atoms with Gasteiger partial charge in [-0.25, -0.2) is 10.4 Å². The third-order valence-electron chi connectivity index (χ3n) is 4.59. The molecule has 0 fully saturated rings. The zero-order valence-electron chi connectivity index (χ0n) is 18.3. The average Bonchev–Trinajstić information content (AvgIpc) is 2.81. The predicted molar refractivity (Wildman–Crippen MR) is 122 cm³/mol. The SMILES string of the molecule is CCCOc1c(OC)cc(/C=N\NC(=O)CCc2nc3ccccc3[nH]c2=O)cc1OC. The Kier molecular flexibility index (Phi) is 7.80. The van der Waals surface area contributed by atoms with E-state index in [-0.39, 0.29) is 24.3 Å². The van der Waals surface area contributed by atoms with Crippen LogP contribution >= 0.6 is 0 Å². The van der Waals surface area contributed by atoms with E-state index in [9.17, 15) is 9.59 Å². The van der Waals surface area contributed by atoms with E-state index in [1.807, 2.05) is 19.1 Å². The van der Waals surface area contributed by atoms with Crippen LogP contribution in [0.5, 0.6) is 17.2 Å². The number of aromatic nitrogens is 2. The minimum absolute atomic E-state index is 0.0716. The molecule has 0 atom stereocenters. The van der Waals surface area contributed by atoms with Gasteiger partial charge in [0.25, 0.3) is 5.56 Å². The van der Waals surface area contributed by atoms with E-state index in [1.54, 1.807) is 38.5 Å². The van der Waals surface area contributed by atoms with E-state index in [4.69, 9.17) is 14.2 Å².